The number of hydrogen-bond donors (Lipinski definition) is 2. The molecule has 1 aromatic carbocycles. The molecule has 2 aromatic heterocycles. The molecule has 0 fully saturated rings. The zero-order valence-corrected chi connectivity index (χ0v) is 18.2. The molecule has 2 heterocycles. The summed E-state index contributed by atoms with van der Waals surface area (Å²) in [6.45, 7) is 3.16. The number of aryl methyl sites for hydroxylation is 2. The summed E-state index contributed by atoms with van der Waals surface area (Å²) >= 11 is 0. The minimum Gasteiger partial charge on any atom is -0.384 e. The van der Waals surface area contributed by atoms with Crippen LogP contribution >= 0.6 is 0 Å². The largest absolute Gasteiger partial charge is 0.433 e. The van der Waals surface area contributed by atoms with Gasteiger partial charge in [0.15, 0.2) is 5.82 Å². The maximum absolute atomic E-state index is 15.0. The number of fused-ring (bicyclic) bond motifs is 1. The van der Waals surface area contributed by atoms with Crippen molar-refractivity contribution in [3.05, 3.63) is 58.8 Å². The van der Waals surface area contributed by atoms with Crippen LogP contribution in [0, 0.1) is 25.1 Å². The van der Waals surface area contributed by atoms with Gasteiger partial charge >= 0.3 is 6.18 Å². The lowest BCUT2D eigenvalue weighted by molar-refractivity contribution is -0.141. The summed E-state index contributed by atoms with van der Waals surface area (Å²) < 4.78 is 54.0. The summed E-state index contributed by atoms with van der Waals surface area (Å²) in [4.78, 5) is 25.7. The summed E-state index contributed by atoms with van der Waals surface area (Å²) in [5, 5.41) is 9.79. The number of alkyl halides is 3. The standard InChI is InChI=1S/C22H20F4N6O/c1-11-7-17(32(4)21(33)15(28-3)5-6-27)14(23)9-13(11)20-29-10-16-19(31-20)12(2)8-18(30-16)22(24,25)26/h5-10,27-28H,1-4H3/b15-5-,27-6?. The monoisotopic (exact) mass is 460 g/mol. The molecule has 1 amide bonds. The molecule has 0 aliphatic carbocycles. The highest BCUT2D eigenvalue weighted by Gasteiger charge is 2.33. The Morgan fingerprint density at radius 3 is 2.45 bits per heavy atom. The maximum Gasteiger partial charge on any atom is 0.433 e. The Morgan fingerprint density at radius 1 is 1.15 bits per heavy atom. The van der Waals surface area contributed by atoms with E-state index in [4.69, 9.17) is 5.41 Å². The van der Waals surface area contributed by atoms with Crippen LogP contribution in [0.5, 0.6) is 0 Å². The molecule has 3 aromatic rings. The van der Waals surface area contributed by atoms with E-state index in [1.165, 1.54) is 45.4 Å². The molecule has 2 N–H and O–H groups in total. The topological polar surface area (TPSA) is 94.9 Å². The number of carbonyl (C=O) groups excluding carboxylic acids is 1. The Morgan fingerprint density at radius 2 is 1.85 bits per heavy atom. The van der Waals surface area contributed by atoms with Gasteiger partial charge in [0, 0.05) is 25.9 Å². The number of allylic oxidation sites excluding steroid dienone is 1. The zero-order valence-electron chi connectivity index (χ0n) is 18.2. The number of amides is 1. The molecule has 0 aliphatic rings. The number of rotatable bonds is 5. The average Bonchev–Trinajstić information content (AvgIpc) is 2.77. The van der Waals surface area contributed by atoms with Crippen molar-refractivity contribution in [2.24, 2.45) is 0 Å². The van der Waals surface area contributed by atoms with Crippen LogP contribution in [0.25, 0.3) is 22.4 Å². The SMILES string of the molecule is CN/C(=C\C=N)C(=O)N(C)c1cc(C)c(-c2ncc3nc(C(F)(F)F)cc(C)c3n2)cc1F. The Labute approximate surface area is 186 Å². The molecule has 7 nitrogen and oxygen atoms in total. The fourth-order valence-electron chi connectivity index (χ4n) is 3.26. The number of hydrogen-bond acceptors (Lipinski definition) is 6. The van der Waals surface area contributed by atoms with E-state index in [1.807, 2.05) is 0 Å². The van der Waals surface area contributed by atoms with E-state index in [9.17, 15) is 22.4 Å². The second-order valence-electron chi connectivity index (χ2n) is 7.23. The highest BCUT2D eigenvalue weighted by atomic mass is 19.4. The number of carbonyl (C=O) groups is 1. The van der Waals surface area contributed by atoms with Gasteiger partial charge in [-0.15, -0.1) is 0 Å². The number of aromatic nitrogens is 3. The number of halogens is 4. The summed E-state index contributed by atoms with van der Waals surface area (Å²) in [6.07, 6.45) is -1.24. The lowest BCUT2D eigenvalue weighted by atomic mass is 10.1. The molecule has 0 aliphatic heterocycles. The number of likely N-dealkylation sites (N-methyl/N-ethyl adjacent to an activating group) is 2. The van der Waals surface area contributed by atoms with Crippen molar-refractivity contribution in [1.82, 2.24) is 20.3 Å². The predicted octanol–water partition coefficient (Wildman–Crippen LogP) is 4.18. The van der Waals surface area contributed by atoms with Gasteiger partial charge in [-0.25, -0.2) is 19.3 Å². The van der Waals surface area contributed by atoms with Crippen LogP contribution in [0.4, 0.5) is 23.2 Å². The van der Waals surface area contributed by atoms with Gasteiger partial charge in [0.25, 0.3) is 5.91 Å². The first kappa shape index (κ1) is 23.8. The van der Waals surface area contributed by atoms with Crippen molar-refractivity contribution in [1.29, 1.82) is 5.41 Å². The molecule has 0 saturated carbocycles. The van der Waals surface area contributed by atoms with Gasteiger partial charge in [-0.1, -0.05) is 0 Å². The molecule has 3 rings (SSSR count). The Kier molecular flexibility index (Phi) is 6.43. The highest BCUT2D eigenvalue weighted by Crippen LogP contribution is 2.32. The second kappa shape index (κ2) is 8.93. The molecular weight excluding hydrogens is 440 g/mol. The molecular formula is C22H20F4N6O. The molecule has 0 saturated heterocycles. The maximum atomic E-state index is 15.0. The van der Waals surface area contributed by atoms with Crippen LogP contribution in [0.3, 0.4) is 0 Å². The third kappa shape index (κ3) is 4.66. The van der Waals surface area contributed by atoms with Gasteiger partial charge in [-0.2, -0.15) is 13.2 Å². The summed E-state index contributed by atoms with van der Waals surface area (Å²) in [6, 6.07) is 3.52. The van der Waals surface area contributed by atoms with Gasteiger partial charge in [0.2, 0.25) is 0 Å². The number of pyridine rings is 1. The molecule has 33 heavy (non-hydrogen) atoms. The van der Waals surface area contributed by atoms with Crippen LogP contribution in [0.2, 0.25) is 0 Å². The van der Waals surface area contributed by atoms with Gasteiger partial charge in [0.1, 0.15) is 22.7 Å². The average molecular weight is 460 g/mol. The van der Waals surface area contributed by atoms with Crippen LogP contribution < -0.4 is 10.2 Å². The Hall–Kier alpha value is -3.89. The minimum absolute atomic E-state index is 0.000774. The molecule has 0 radical (unpaired) electrons. The lowest BCUT2D eigenvalue weighted by Crippen LogP contribution is -2.33. The Bertz CT molecular complexity index is 1290. The third-order valence-electron chi connectivity index (χ3n) is 4.98. The molecule has 172 valence electrons. The van der Waals surface area contributed by atoms with Crippen LogP contribution in [0.1, 0.15) is 16.8 Å². The molecule has 0 atom stereocenters. The van der Waals surface area contributed by atoms with E-state index in [1.54, 1.807) is 6.92 Å². The number of nitrogens with one attached hydrogen (secondary N) is 2. The quantitative estimate of drug-likeness (QED) is 0.338. The van der Waals surface area contributed by atoms with Crippen LogP contribution in [-0.4, -0.2) is 41.2 Å². The van der Waals surface area contributed by atoms with Gasteiger partial charge in [0.05, 0.1) is 17.4 Å². The predicted molar refractivity (Wildman–Crippen MR) is 117 cm³/mol. The van der Waals surface area contributed by atoms with Crippen LogP contribution in [-0.2, 0) is 11.0 Å². The van der Waals surface area contributed by atoms with Gasteiger partial charge in [-0.05, 0) is 49.2 Å². The zero-order chi connectivity index (χ0) is 24.5. The molecule has 11 heteroatoms. The fraction of sp³-hybridized carbons (Fsp3) is 0.227. The number of benzene rings is 1. The Balaban J connectivity index is 2.05. The van der Waals surface area contributed by atoms with Gasteiger partial charge < -0.3 is 15.6 Å². The fourth-order valence-corrected chi connectivity index (χ4v) is 3.26. The second-order valence-corrected chi connectivity index (χ2v) is 7.23. The molecule has 0 bridgehead atoms. The molecule has 0 unspecified atom stereocenters. The summed E-state index contributed by atoms with van der Waals surface area (Å²) in [7, 11) is 2.91. The van der Waals surface area contributed by atoms with E-state index in [2.05, 4.69) is 20.3 Å². The number of anilines is 1. The van der Waals surface area contributed by atoms with Crippen molar-refractivity contribution in [2.45, 2.75) is 20.0 Å². The minimum atomic E-state index is -4.60. The summed E-state index contributed by atoms with van der Waals surface area (Å²) in [5.41, 5.74) is 0.388. The lowest BCUT2D eigenvalue weighted by Gasteiger charge is -2.21. The van der Waals surface area contributed by atoms with E-state index >= 15 is 0 Å². The van der Waals surface area contributed by atoms with Crippen LogP contribution in [0.15, 0.2) is 36.2 Å². The third-order valence-corrected chi connectivity index (χ3v) is 4.98. The summed E-state index contributed by atoms with van der Waals surface area (Å²) in [5.74, 6) is -1.15. The van der Waals surface area contributed by atoms with E-state index in [0.717, 1.165) is 17.2 Å². The van der Waals surface area contributed by atoms with Crippen molar-refractivity contribution in [2.75, 3.05) is 19.0 Å². The smallest absolute Gasteiger partial charge is 0.384 e. The van der Waals surface area contributed by atoms with E-state index in [0.29, 0.717) is 11.1 Å². The highest BCUT2D eigenvalue weighted by molar-refractivity contribution is 6.06. The normalized spacial score (nSPS) is 12.1. The first-order chi connectivity index (χ1) is 15.5. The first-order valence-corrected chi connectivity index (χ1v) is 9.66. The van der Waals surface area contributed by atoms with Crippen molar-refractivity contribution in [3.8, 4) is 11.4 Å². The van der Waals surface area contributed by atoms with E-state index in [-0.39, 0.29) is 33.8 Å². The van der Waals surface area contributed by atoms with Crippen molar-refractivity contribution in [3.63, 3.8) is 0 Å². The van der Waals surface area contributed by atoms with Crippen molar-refractivity contribution < 1.29 is 22.4 Å². The molecule has 0 spiro atoms. The number of nitrogens with zero attached hydrogens (tertiary/aromatic N) is 4. The first-order valence-electron chi connectivity index (χ1n) is 9.66. The van der Waals surface area contributed by atoms with Gasteiger partial charge in [-0.3, -0.25) is 4.79 Å². The van der Waals surface area contributed by atoms with E-state index < -0.39 is 23.6 Å². The van der Waals surface area contributed by atoms with Crippen molar-refractivity contribution >= 4 is 28.8 Å².